The quantitative estimate of drug-likeness (QED) is 0.859. The fourth-order valence-electron chi connectivity index (χ4n) is 4.02. The molecule has 5 nitrogen and oxygen atoms in total. The standard InChI is InChI=1S/C21H31N3O2/c1-6-10-24-15(4)20(18-12-17(26-5)7-8-19(18)24)21(25)22-16-9-11-23(13-16)14(2)3/h7-8,12,14,16H,6,9-11,13H2,1-5H3,(H,22,25). The molecule has 1 aliphatic heterocycles. The Morgan fingerprint density at radius 2 is 2.15 bits per heavy atom. The summed E-state index contributed by atoms with van der Waals surface area (Å²) in [5, 5.41) is 4.25. The van der Waals surface area contributed by atoms with E-state index in [0.29, 0.717) is 6.04 Å². The van der Waals surface area contributed by atoms with Crippen molar-refractivity contribution < 1.29 is 9.53 Å². The maximum Gasteiger partial charge on any atom is 0.253 e. The normalized spacial score (nSPS) is 18.0. The number of hydrogen-bond donors (Lipinski definition) is 1. The molecule has 1 aromatic carbocycles. The Morgan fingerprint density at radius 3 is 2.77 bits per heavy atom. The van der Waals surface area contributed by atoms with Gasteiger partial charge in [-0.2, -0.15) is 0 Å². The van der Waals surface area contributed by atoms with Gasteiger partial charge in [-0.1, -0.05) is 6.92 Å². The zero-order valence-corrected chi connectivity index (χ0v) is 16.6. The average molecular weight is 357 g/mol. The van der Waals surface area contributed by atoms with Crippen molar-refractivity contribution >= 4 is 16.8 Å². The maximum absolute atomic E-state index is 13.1. The van der Waals surface area contributed by atoms with Gasteiger partial charge in [-0.05, 0) is 51.8 Å². The molecule has 1 unspecified atom stereocenters. The summed E-state index contributed by atoms with van der Waals surface area (Å²) in [6.07, 6.45) is 2.05. The average Bonchev–Trinajstić information content (AvgIpc) is 3.18. The molecule has 1 aromatic heterocycles. The molecule has 26 heavy (non-hydrogen) atoms. The number of nitrogens with one attached hydrogen (secondary N) is 1. The third-order valence-corrected chi connectivity index (χ3v) is 5.49. The van der Waals surface area contributed by atoms with Crippen LogP contribution in [0.4, 0.5) is 0 Å². The molecule has 1 atom stereocenters. The van der Waals surface area contributed by atoms with Crippen LogP contribution in [0.1, 0.15) is 49.7 Å². The lowest BCUT2D eigenvalue weighted by Crippen LogP contribution is -2.38. The van der Waals surface area contributed by atoms with Gasteiger partial charge in [-0.3, -0.25) is 9.69 Å². The van der Waals surface area contributed by atoms with Crippen molar-refractivity contribution in [2.45, 2.75) is 59.2 Å². The van der Waals surface area contributed by atoms with Crippen molar-refractivity contribution in [3.05, 3.63) is 29.5 Å². The summed E-state index contributed by atoms with van der Waals surface area (Å²) >= 11 is 0. The van der Waals surface area contributed by atoms with E-state index in [-0.39, 0.29) is 11.9 Å². The minimum Gasteiger partial charge on any atom is -0.497 e. The molecule has 1 saturated heterocycles. The van der Waals surface area contributed by atoms with Gasteiger partial charge in [0.1, 0.15) is 5.75 Å². The summed E-state index contributed by atoms with van der Waals surface area (Å²) in [6.45, 7) is 11.5. The van der Waals surface area contributed by atoms with Crippen LogP contribution in [0.15, 0.2) is 18.2 Å². The number of nitrogens with zero attached hydrogens (tertiary/aromatic N) is 2. The first-order valence-electron chi connectivity index (χ1n) is 9.68. The molecule has 1 N–H and O–H groups in total. The van der Waals surface area contributed by atoms with Gasteiger partial charge in [0, 0.05) is 48.3 Å². The zero-order chi connectivity index (χ0) is 18.8. The van der Waals surface area contributed by atoms with Crippen LogP contribution in [0.2, 0.25) is 0 Å². The molecular formula is C21H31N3O2. The SMILES string of the molecule is CCCn1c(C)c(C(=O)NC2CCN(C(C)C)C2)c2cc(OC)ccc21. The molecule has 2 aromatic rings. The molecule has 0 saturated carbocycles. The molecule has 0 spiro atoms. The molecule has 1 amide bonds. The number of rotatable bonds is 6. The van der Waals surface area contributed by atoms with Crippen LogP contribution < -0.4 is 10.1 Å². The summed E-state index contributed by atoms with van der Waals surface area (Å²) in [4.78, 5) is 15.6. The van der Waals surface area contributed by atoms with Gasteiger partial charge in [-0.25, -0.2) is 0 Å². The molecule has 5 heteroatoms. The lowest BCUT2D eigenvalue weighted by atomic mass is 10.1. The topological polar surface area (TPSA) is 46.5 Å². The predicted molar refractivity (Wildman–Crippen MR) is 106 cm³/mol. The number of aryl methyl sites for hydroxylation is 1. The fraction of sp³-hybridized carbons (Fsp3) is 0.571. The molecule has 0 aliphatic carbocycles. The van der Waals surface area contributed by atoms with E-state index in [1.165, 1.54) is 0 Å². The number of benzene rings is 1. The first kappa shape index (κ1) is 18.8. The van der Waals surface area contributed by atoms with Gasteiger partial charge in [0.15, 0.2) is 0 Å². The molecule has 3 rings (SSSR count). The number of aromatic nitrogens is 1. The Bertz CT molecular complexity index is 794. The largest absolute Gasteiger partial charge is 0.497 e. The second-order valence-corrected chi connectivity index (χ2v) is 7.54. The third kappa shape index (κ3) is 3.45. The van der Waals surface area contributed by atoms with E-state index in [0.717, 1.165) is 60.4 Å². The molecular weight excluding hydrogens is 326 g/mol. The second-order valence-electron chi connectivity index (χ2n) is 7.54. The molecule has 1 fully saturated rings. The molecule has 1 aliphatic rings. The number of amides is 1. The highest BCUT2D eigenvalue weighted by Crippen LogP contribution is 2.30. The van der Waals surface area contributed by atoms with Crippen LogP contribution in [0.5, 0.6) is 5.75 Å². The van der Waals surface area contributed by atoms with E-state index in [4.69, 9.17) is 4.74 Å². The van der Waals surface area contributed by atoms with Crippen molar-refractivity contribution in [1.82, 2.24) is 14.8 Å². The highest BCUT2D eigenvalue weighted by molar-refractivity contribution is 6.09. The number of fused-ring (bicyclic) bond motifs is 1. The Hall–Kier alpha value is -2.01. The van der Waals surface area contributed by atoms with E-state index in [1.807, 2.05) is 19.1 Å². The predicted octanol–water partition coefficient (Wildman–Crippen LogP) is 3.58. The van der Waals surface area contributed by atoms with E-state index in [1.54, 1.807) is 7.11 Å². The van der Waals surface area contributed by atoms with Crippen molar-refractivity contribution in [2.24, 2.45) is 0 Å². The van der Waals surface area contributed by atoms with Gasteiger partial charge in [0.05, 0.1) is 12.7 Å². The van der Waals surface area contributed by atoms with E-state index in [9.17, 15) is 4.79 Å². The van der Waals surface area contributed by atoms with Crippen molar-refractivity contribution in [3.8, 4) is 5.75 Å². The first-order chi connectivity index (χ1) is 12.5. The highest BCUT2D eigenvalue weighted by atomic mass is 16.5. The number of ether oxygens (including phenoxy) is 1. The Balaban J connectivity index is 1.93. The number of likely N-dealkylation sites (tertiary alicyclic amines) is 1. The van der Waals surface area contributed by atoms with Crippen molar-refractivity contribution in [1.29, 1.82) is 0 Å². The Morgan fingerprint density at radius 1 is 1.38 bits per heavy atom. The number of carbonyl (C=O) groups is 1. The second kappa shape index (κ2) is 7.70. The fourth-order valence-corrected chi connectivity index (χ4v) is 4.02. The monoisotopic (exact) mass is 357 g/mol. The van der Waals surface area contributed by atoms with Gasteiger partial charge >= 0.3 is 0 Å². The number of methoxy groups -OCH3 is 1. The summed E-state index contributed by atoms with van der Waals surface area (Å²) in [6, 6.07) is 6.75. The van der Waals surface area contributed by atoms with Gasteiger partial charge < -0.3 is 14.6 Å². The van der Waals surface area contributed by atoms with Gasteiger partial charge in [0.2, 0.25) is 0 Å². The van der Waals surface area contributed by atoms with Crippen LogP contribution >= 0.6 is 0 Å². The summed E-state index contributed by atoms with van der Waals surface area (Å²) in [5.41, 5.74) is 2.92. The third-order valence-electron chi connectivity index (χ3n) is 5.49. The van der Waals surface area contributed by atoms with Crippen molar-refractivity contribution in [2.75, 3.05) is 20.2 Å². The van der Waals surface area contributed by atoms with Crippen LogP contribution in [-0.2, 0) is 6.54 Å². The summed E-state index contributed by atoms with van der Waals surface area (Å²) in [7, 11) is 1.66. The lowest BCUT2D eigenvalue weighted by Gasteiger charge is -2.20. The molecule has 142 valence electrons. The minimum atomic E-state index is 0.0335. The molecule has 2 heterocycles. The zero-order valence-electron chi connectivity index (χ0n) is 16.6. The Kier molecular flexibility index (Phi) is 5.56. The lowest BCUT2D eigenvalue weighted by molar-refractivity contribution is 0.0937. The summed E-state index contributed by atoms with van der Waals surface area (Å²) in [5.74, 6) is 0.818. The summed E-state index contributed by atoms with van der Waals surface area (Å²) < 4.78 is 7.64. The first-order valence-corrected chi connectivity index (χ1v) is 9.68. The van der Waals surface area contributed by atoms with E-state index < -0.39 is 0 Å². The van der Waals surface area contributed by atoms with Crippen LogP contribution in [-0.4, -0.2) is 47.7 Å². The Labute approximate surface area is 156 Å². The van der Waals surface area contributed by atoms with Crippen LogP contribution in [0, 0.1) is 6.92 Å². The van der Waals surface area contributed by atoms with Gasteiger partial charge in [0.25, 0.3) is 5.91 Å². The number of hydrogen-bond acceptors (Lipinski definition) is 3. The van der Waals surface area contributed by atoms with E-state index >= 15 is 0 Å². The van der Waals surface area contributed by atoms with Gasteiger partial charge in [-0.15, -0.1) is 0 Å². The molecule has 0 radical (unpaired) electrons. The highest BCUT2D eigenvalue weighted by Gasteiger charge is 2.28. The van der Waals surface area contributed by atoms with Crippen LogP contribution in [0.3, 0.4) is 0 Å². The number of carbonyl (C=O) groups excluding carboxylic acids is 1. The maximum atomic E-state index is 13.1. The van der Waals surface area contributed by atoms with Crippen LogP contribution in [0.25, 0.3) is 10.9 Å². The minimum absolute atomic E-state index is 0.0335. The van der Waals surface area contributed by atoms with Crippen molar-refractivity contribution in [3.63, 3.8) is 0 Å². The molecule has 0 bridgehead atoms. The van der Waals surface area contributed by atoms with E-state index in [2.05, 4.69) is 41.6 Å². The smallest absolute Gasteiger partial charge is 0.253 e.